The number of alkyl halides is 2. The van der Waals surface area contributed by atoms with Crippen LogP contribution in [-0.2, 0) is 0 Å². The summed E-state index contributed by atoms with van der Waals surface area (Å²) >= 11 is 0. The van der Waals surface area contributed by atoms with Crippen LogP contribution in [0, 0.1) is 5.92 Å². The van der Waals surface area contributed by atoms with E-state index in [-0.39, 0.29) is 30.8 Å². The molecule has 5 rings (SSSR count). The normalized spacial score (nSPS) is 26.3. The molecular formula is C20H23F2N5O4S. The molecule has 1 fully saturated rings. The summed E-state index contributed by atoms with van der Waals surface area (Å²) in [4.78, 5) is 20.5. The van der Waals surface area contributed by atoms with Crippen molar-refractivity contribution >= 4 is 33.9 Å². The molecule has 9 nitrogen and oxygen atoms in total. The van der Waals surface area contributed by atoms with Crippen LogP contribution in [0.3, 0.4) is 0 Å². The van der Waals surface area contributed by atoms with Gasteiger partial charge in [0.05, 0.1) is 11.9 Å². The summed E-state index contributed by atoms with van der Waals surface area (Å²) in [7, 11) is -1.93. The lowest BCUT2D eigenvalue weighted by Gasteiger charge is -2.41. The van der Waals surface area contributed by atoms with Gasteiger partial charge in [-0.3, -0.25) is 13.9 Å². The summed E-state index contributed by atoms with van der Waals surface area (Å²) in [5, 5.41) is 2.89. The molecule has 1 saturated carbocycles. The fraction of sp³-hybridized carbons (Fsp3) is 0.450. The van der Waals surface area contributed by atoms with E-state index in [0.717, 1.165) is 5.57 Å². The molecule has 2 aromatic heterocycles. The third-order valence-corrected chi connectivity index (χ3v) is 7.97. The number of carbonyl (C=O) groups is 1. The SMILES string of the molecule is CN1c2nc(C3=CCC(NC(=O)c4ncco4)CC3)ccc2N(CC2CC2(F)F)S1(O)O. The zero-order valence-electron chi connectivity index (χ0n) is 17.2. The number of amides is 1. The van der Waals surface area contributed by atoms with Crippen LogP contribution in [-0.4, -0.2) is 50.5 Å². The Hall–Kier alpha value is -2.70. The summed E-state index contributed by atoms with van der Waals surface area (Å²) in [6, 6.07) is 3.41. The van der Waals surface area contributed by atoms with Gasteiger partial charge in [0, 0.05) is 32.0 Å². The highest BCUT2D eigenvalue weighted by Gasteiger charge is 2.59. The second-order valence-electron chi connectivity index (χ2n) is 8.26. The predicted octanol–water partition coefficient (Wildman–Crippen LogP) is 3.93. The molecule has 0 spiro atoms. The number of nitrogens with one attached hydrogen (secondary N) is 1. The van der Waals surface area contributed by atoms with Gasteiger partial charge in [-0.15, -0.1) is 0 Å². The van der Waals surface area contributed by atoms with E-state index in [9.17, 15) is 22.7 Å². The Labute approximate surface area is 184 Å². The highest BCUT2D eigenvalue weighted by atomic mass is 32.3. The molecule has 3 N–H and O–H groups in total. The third-order valence-electron chi connectivity index (χ3n) is 6.13. The summed E-state index contributed by atoms with van der Waals surface area (Å²) in [6.07, 6.45) is 6.48. The number of anilines is 2. The smallest absolute Gasteiger partial charge is 0.307 e. The van der Waals surface area contributed by atoms with Gasteiger partial charge in [-0.05, 0) is 47.9 Å². The maximum Gasteiger partial charge on any atom is 0.307 e. The number of halogens is 2. The Bertz CT molecular complexity index is 1080. The predicted molar refractivity (Wildman–Crippen MR) is 115 cm³/mol. The fourth-order valence-corrected chi connectivity index (χ4v) is 5.54. The van der Waals surface area contributed by atoms with E-state index in [4.69, 9.17) is 4.42 Å². The standard InChI is InChI=1S/C20H23F2N5O4S/c1-26-17-16(27(32(26,29)30)11-13-10-20(13,21)22)7-6-15(25-17)12-2-4-14(5-3-12)24-18(28)19-23-8-9-31-19/h2,6-9,13-14,29-30H,3-5,10-11H2,1H3,(H,24,28). The van der Waals surface area contributed by atoms with Crippen molar-refractivity contribution in [3.63, 3.8) is 0 Å². The number of fused-ring (bicyclic) bond motifs is 1. The number of pyridine rings is 1. The quantitative estimate of drug-likeness (QED) is 0.606. The molecule has 0 aromatic carbocycles. The van der Waals surface area contributed by atoms with Gasteiger partial charge < -0.3 is 9.73 Å². The molecule has 2 atom stereocenters. The maximum absolute atomic E-state index is 13.4. The van der Waals surface area contributed by atoms with Crippen molar-refractivity contribution < 1.29 is 27.1 Å². The molecule has 3 heterocycles. The largest absolute Gasteiger partial charge is 0.441 e. The first-order valence-corrected chi connectivity index (χ1v) is 11.7. The van der Waals surface area contributed by atoms with Crippen molar-refractivity contribution in [1.82, 2.24) is 15.3 Å². The molecule has 0 bridgehead atoms. The topological polar surface area (TPSA) is 115 Å². The van der Waals surface area contributed by atoms with Gasteiger partial charge >= 0.3 is 5.91 Å². The van der Waals surface area contributed by atoms with Crippen molar-refractivity contribution in [3.8, 4) is 0 Å². The monoisotopic (exact) mass is 467 g/mol. The van der Waals surface area contributed by atoms with Crippen molar-refractivity contribution in [2.24, 2.45) is 5.92 Å². The molecule has 2 unspecified atom stereocenters. The lowest BCUT2D eigenvalue weighted by atomic mass is 9.93. The number of rotatable bonds is 5. The number of hydrogen-bond donors (Lipinski definition) is 3. The van der Waals surface area contributed by atoms with Crippen molar-refractivity contribution in [1.29, 1.82) is 0 Å². The van der Waals surface area contributed by atoms with Crippen LogP contribution in [0.5, 0.6) is 0 Å². The highest BCUT2D eigenvalue weighted by molar-refractivity contribution is 8.26. The first-order valence-electron chi connectivity index (χ1n) is 10.3. The van der Waals surface area contributed by atoms with Crippen LogP contribution in [0.15, 0.2) is 35.1 Å². The Kier molecular flexibility index (Phi) is 4.91. The van der Waals surface area contributed by atoms with Gasteiger partial charge in [0.25, 0.3) is 11.8 Å². The zero-order valence-corrected chi connectivity index (χ0v) is 18.1. The molecule has 12 heteroatoms. The number of nitrogens with zero attached hydrogens (tertiary/aromatic N) is 4. The van der Waals surface area contributed by atoms with Gasteiger partial charge in [0.15, 0.2) is 5.82 Å². The Morgan fingerprint density at radius 2 is 2.19 bits per heavy atom. The molecular weight excluding hydrogens is 444 g/mol. The Morgan fingerprint density at radius 3 is 2.81 bits per heavy atom. The summed E-state index contributed by atoms with van der Waals surface area (Å²) in [5.74, 6) is -3.63. The molecule has 0 saturated heterocycles. The lowest BCUT2D eigenvalue weighted by molar-refractivity contribution is 0.0899. The Balaban J connectivity index is 1.31. The van der Waals surface area contributed by atoms with Crippen molar-refractivity contribution in [3.05, 3.63) is 42.3 Å². The number of allylic oxidation sites excluding steroid dienone is 1. The van der Waals surface area contributed by atoms with Crippen LogP contribution in [0.2, 0.25) is 0 Å². The van der Waals surface area contributed by atoms with Gasteiger partial charge in [0.2, 0.25) is 0 Å². The van der Waals surface area contributed by atoms with E-state index >= 15 is 0 Å². The first kappa shape index (κ1) is 21.2. The number of carbonyl (C=O) groups excluding carboxylic acids is 1. The minimum atomic E-state index is -3.43. The fourth-order valence-electron chi connectivity index (χ4n) is 4.09. The minimum absolute atomic E-state index is 0.0237. The van der Waals surface area contributed by atoms with E-state index in [1.54, 1.807) is 12.1 Å². The maximum atomic E-state index is 13.4. The average molecular weight is 467 g/mol. The first-order chi connectivity index (χ1) is 15.2. The molecule has 172 valence electrons. The van der Waals surface area contributed by atoms with Crippen LogP contribution in [0.1, 0.15) is 42.1 Å². The van der Waals surface area contributed by atoms with Gasteiger partial charge in [0.1, 0.15) is 12.0 Å². The second kappa shape index (κ2) is 7.42. The zero-order chi connectivity index (χ0) is 22.7. The minimum Gasteiger partial charge on any atom is -0.441 e. The van der Waals surface area contributed by atoms with Gasteiger partial charge in [-0.1, -0.05) is 6.08 Å². The van der Waals surface area contributed by atoms with Crippen LogP contribution in [0.25, 0.3) is 5.57 Å². The van der Waals surface area contributed by atoms with Crippen molar-refractivity contribution in [2.45, 2.75) is 37.6 Å². The van der Waals surface area contributed by atoms with E-state index < -0.39 is 22.8 Å². The molecule has 2 aliphatic carbocycles. The number of aromatic nitrogens is 2. The lowest BCUT2D eigenvalue weighted by Crippen LogP contribution is -2.35. The summed E-state index contributed by atoms with van der Waals surface area (Å²) in [6.45, 7) is -0.137. The second-order valence-corrected chi connectivity index (χ2v) is 10.2. The summed E-state index contributed by atoms with van der Waals surface area (Å²) < 4.78 is 55.6. The van der Waals surface area contributed by atoms with E-state index in [1.165, 1.54) is 28.1 Å². The Morgan fingerprint density at radius 1 is 1.41 bits per heavy atom. The van der Waals surface area contributed by atoms with Crippen molar-refractivity contribution in [2.75, 3.05) is 22.2 Å². The molecule has 1 amide bonds. The number of oxazole rings is 1. The average Bonchev–Trinajstić information content (AvgIpc) is 3.10. The van der Waals surface area contributed by atoms with Crippen LogP contribution < -0.4 is 13.9 Å². The van der Waals surface area contributed by atoms with Gasteiger partial charge in [-0.2, -0.15) is 0 Å². The van der Waals surface area contributed by atoms with Crippen LogP contribution >= 0.6 is 11.0 Å². The van der Waals surface area contributed by atoms with E-state index in [0.29, 0.717) is 36.5 Å². The molecule has 2 aromatic rings. The number of hydrogen-bond acceptors (Lipinski definition) is 8. The van der Waals surface area contributed by atoms with E-state index in [1.807, 2.05) is 6.08 Å². The molecule has 0 radical (unpaired) electrons. The van der Waals surface area contributed by atoms with Gasteiger partial charge in [-0.25, -0.2) is 27.4 Å². The summed E-state index contributed by atoms with van der Waals surface area (Å²) in [5.41, 5.74) is 2.10. The molecule has 3 aliphatic rings. The van der Waals surface area contributed by atoms with E-state index in [2.05, 4.69) is 15.3 Å². The molecule has 1 aliphatic heterocycles. The third kappa shape index (κ3) is 3.61. The highest BCUT2D eigenvalue weighted by Crippen LogP contribution is 2.62. The van der Waals surface area contributed by atoms with Crippen LogP contribution in [0.4, 0.5) is 20.3 Å². The molecule has 32 heavy (non-hydrogen) atoms.